The number of anilines is 1. The average Bonchev–Trinajstić information content (AvgIpc) is 2.49. The number of ketones is 2. The quantitative estimate of drug-likeness (QED) is 0.743. The zero-order chi connectivity index (χ0) is 12.6. The summed E-state index contributed by atoms with van der Waals surface area (Å²) < 4.78 is 13.1. The van der Waals surface area contributed by atoms with Crippen molar-refractivity contribution in [3.63, 3.8) is 0 Å². The summed E-state index contributed by atoms with van der Waals surface area (Å²) in [7, 11) is 0. The van der Waals surface area contributed by atoms with E-state index in [1.807, 2.05) is 0 Å². The van der Waals surface area contributed by atoms with Gasteiger partial charge in [0.1, 0.15) is 11.6 Å². The number of carbonyl (C=O) groups is 3. The predicted molar refractivity (Wildman–Crippen MR) is 58.4 cm³/mol. The molecule has 1 heterocycles. The molecule has 0 aromatic heterocycles. The van der Waals surface area contributed by atoms with Crippen molar-refractivity contribution in [2.75, 3.05) is 11.4 Å². The lowest BCUT2D eigenvalue weighted by atomic mass is 10.1. The highest BCUT2D eigenvalue weighted by Crippen LogP contribution is 2.29. The van der Waals surface area contributed by atoms with E-state index in [1.165, 1.54) is 13.0 Å². The van der Waals surface area contributed by atoms with E-state index in [0.29, 0.717) is 0 Å². The van der Waals surface area contributed by atoms with Gasteiger partial charge in [0.2, 0.25) is 0 Å². The molecule has 0 aliphatic carbocycles. The maximum absolute atomic E-state index is 13.1. The van der Waals surface area contributed by atoms with E-state index < -0.39 is 17.5 Å². The molecule has 0 radical (unpaired) electrons. The summed E-state index contributed by atoms with van der Waals surface area (Å²) in [5, 5.41) is 0. The molecule has 0 spiro atoms. The van der Waals surface area contributed by atoms with Crippen molar-refractivity contribution < 1.29 is 18.8 Å². The number of hydrogen-bond acceptors (Lipinski definition) is 3. The van der Waals surface area contributed by atoms with E-state index in [1.54, 1.807) is 0 Å². The number of amides is 1. The van der Waals surface area contributed by atoms with Gasteiger partial charge in [0.15, 0.2) is 0 Å². The summed E-state index contributed by atoms with van der Waals surface area (Å²) in [4.78, 5) is 35.2. The summed E-state index contributed by atoms with van der Waals surface area (Å²) in [6.45, 7) is 1.51. The van der Waals surface area contributed by atoms with E-state index in [4.69, 9.17) is 0 Å². The van der Waals surface area contributed by atoms with Gasteiger partial charge >= 0.3 is 0 Å². The van der Waals surface area contributed by atoms with Crippen molar-refractivity contribution in [3.05, 3.63) is 29.6 Å². The smallest absolute Gasteiger partial charge is 0.299 e. The van der Waals surface area contributed by atoms with E-state index in [-0.39, 0.29) is 30.0 Å². The molecule has 0 unspecified atom stereocenters. The van der Waals surface area contributed by atoms with Crippen LogP contribution in [0.4, 0.5) is 10.1 Å². The summed E-state index contributed by atoms with van der Waals surface area (Å²) in [6.07, 6.45) is 0.148. The van der Waals surface area contributed by atoms with Crippen LogP contribution in [-0.2, 0) is 9.59 Å². The van der Waals surface area contributed by atoms with Gasteiger partial charge in [-0.2, -0.15) is 0 Å². The fourth-order valence-electron chi connectivity index (χ4n) is 1.76. The topological polar surface area (TPSA) is 54.5 Å². The lowest BCUT2D eigenvalue weighted by molar-refractivity contribution is -0.117. The average molecular weight is 235 g/mol. The second kappa shape index (κ2) is 4.08. The Labute approximate surface area is 97.0 Å². The molecule has 1 aromatic rings. The third-order valence-electron chi connectivity index (χ3n) is 2.62. The van der Waals surface area contributed by atoms with Gasteiger partial charge < -0.3 is 4.90 Å². The van der Waals surface area contributed by atoms with Gasteiger partial charge in [-0.25, -0.2) is 4.39 Å². The second-order valence-corrected chi connectivity index (χ2v) is 3.90. The molecule has 0 atom stereocenters. The van der Waals surface area contributed by atoms with Crippen LogP contribution in [-0.4, -0.2) is 24.0 Å². The third kappa shape index (κ3) is 1.95. The van der Waals surface area contributed by atoms with Gasteiger partial charge in [0.05, 0.1) is 11.3 Å². The van der Waals surface area contributed by atoms with Crippen LogP contribution in [0.3, 0.4) is 0 Å². The number of carbonyl (C=O) groups excluding carboxylic acids is 3. The molecule has 5 heteroatoms. The van der Waals surface area contributed by atoms with Crippen molar-refractivity contribution in [1.29, 1.82) is 0 Å². The summed E-state index contributed by atoms with van der Waals surface area (Å²) in [5.41, 5.74) is 0.446. The maximum atomic E-state index is 13.1. The molecule has 0 bridgehead atoms. The van der Waals surface area contributed by atoms with Crippen LogP contribution in [0.25, 0.3) is 0 Å². The largest absolute Gasteiger partial charge is 0.304 e. The Bertz CT molecular complexity index is 524. The number of halogens is 1. The molecule has 1 aliphatic rings. The SMILES string of the molecule is CC(=O)CCN1C(=O)C(=O)c2ccc(F)cc21. The van der Waals surface area contributed by atoms with Crippen molar-refractivity contribution in [2.24, 2.45) is 0 Å². The normalized spacial score (nSPS) is 14.1. The first-order valence-corrected chi connectivity index (χ1v) is 5.16. The Morgan fingerprint density at radius 2 is 2.06 bits per heavy atom. The van der Waals surface area contributed by atoms with Gasteiger partial charge in [-0.1, -0.05) is 0 Å². The zero-order valence-corrected chi connectivity index (χ0v) is 9.20. The minimum absolute atomic E-state index is 0.0879. The Morgan fingerprint density at radius 3 is 2.71 bits per heavy atom. The summed E-state index contributed by atoms with van der Waals surface area (Å²) >= 11 is 0. The zero-order valence-electron chi connectivity index (χ0n) is 9.20. The minimum Gasteiger partial charge on any atom is -0.304 e. The number of fused-ring (bicyclic) bond motifs is 1. The molecule has 1 aliphatic heterocycles. The number of Topliss-reactive ketones (excluding diaryl/α,β-unsaturated/α-hetero) is 2. The first-order valence-electron chi connectivity index (χ1n) is 5.16. The molecule has 0 saturated heterocycles. The van der Waals surface area contributed by atoms with E-state index in [0.717, 1.165) is 17.0 Å². The molecule has 88 valence electrons. The van der Waals surface area contributed by atoms with Crippen LogP contribution < -0.4 is 4.90 Å². The highest BCUT2D eigenvalue weighted by molar-refractivity contribution is 6.52. The highest BCUT2D eigenvalue weighted by Gasteiger charge is 2.35. The number of rotatable bonds is 3. The molecule has 2 rings (SSSR count). The van der Waals surface area contributed by atoms with Crippen LogP contribution in [0, 0.1) is 5.82 Å². The Morgan fingerprint density at radius 1 is 1.35 bits per heavy atom. The van der Waals surface area contributed by atoms with Crippen molar-refractivity contribution >= 4 is 23.2 Å². The monoisotopic (exact) mass is 235 g/mol. The summed E-state index contributed by atoms with van der Waals surface area (Å²) in [5.74, 6) is -1.95. The Balaban J connectivity index is 2.36. The molecular formula is C12H10FNO3. The van der Waals surface area contributed by atoms with Gasteiger partial charge in [0, 0.05) is 13.0 Å². The molecule has 1 aromatic carbocycles. The standard InChI is InChI=1S/C12H10FNO3/c1-7(15)4-5-14-10-6-8(13)2-3-9(10)11(16)12(14)17/h2-3,6H,4-5H2,1H3. The molecule has 17 heavy (non-hydrogen) atoms. The Kier molecular flexibility index (Phi) is 2.75. The van der Waals surface area contributed by atoms with Crippen LogP contribution in [0.15, 0.2) is 18.2 Å². The molecule has 0 saturated carbocycles. The van der Waals surface area contributed by atoms with Crippen LogP contribution in [0.1, 0.15) is 23.7 Å². The molecule has 0 fully saturated rings. The van der Waals surface area contributed by atoms with Crippen molar-refractivity contribution in [1.82, 2.24) is 0 Å². The van der Waals surface area contributed by atoms with Crippen LogP contribution in [0.2, 0.25) is 0 Å². The first-order chi connectivity index (χ1) is 8.00. The molecule has 1 amide bonds. The molecule has 4 nitrogen and oxygen atoms in total. The number of hydrogen-bond donors (Lipinski definition) is 0. The van der Waals surface area contributed by atoms with E-state index in [2.05, 4.69) is 0 Å². The minimum atomic E-state index is -0.702. The fraction of sp³-hybridized carbons (Fsp3) is 0.250. The van der Waals surface area contributed by atoms with E-state index in [9.17, 15) is 18.8 Å². The number of benzene rings is 1. The van der Waals surface area contributed by atoms with Gasteiger partial charge in [-0.3, -0.25) is 14.4 Å². The lowest BCUT2D eigenvalue weighted by Gasteiger charge is -2.15. The molecular weight excluding hydrogens is 225 g/mol. The van der Waals surface area contributed by atoms with Crippen LogP contribution in [0.5, 0.6) is 0 Å². The lowest BCUT2D eigenvalue weighted by Crippen LogP contribution is -2.31. The molecule has 0 N–H and O–H groups in total. The number of nitrogens with zero attached hydrogens (tertiary/aromatic N) is 1. The van der Waals surface area contributed by atoms with E-state index >= 15 is 0 Å². The van der Waals surface area contributed by atoms with Crippen LogP contribution >= 0.6 is 0 Å². The maximum Gasteiger partial charge on any atom is 0.299 e. The van der Waals surface area contributed by atoms with Crippen molar-refractivity contribution in [3.8, 4) is 0 Å². The highest BCUT2D eigenvalue weighted by atomic mass is 19.1. The fourth-order valence-corrected chi connectivity index (χ4v) is 1.76. The van der Waals surface area contributed by atoms with Gasteiger partial charge in [-0.05, 0) is 25.1 Å². The summed E-state index contributed by atoms with van der Waals surface area (Å²) in [6, 6.07) is 3.56. The second-order valence-electron chi connectivity index (χ2n) is 3.90. The van der Waals surface area contributed by atoms with Crippen molar-refractivity contribution in [2.45, 2.75) is 13.3 Å². The predicted octanol–water partition coefficient (Wildman–Crippen LogP) is 1.33. The first kappa shape index (κ1) is 11.4. The van der Waals surface area contributed by atoms with Gasteiger partial charge in [-0.15, -0.1) is 0 Å². The Hall–Kier alpha value is -2.04. The third-order valence-corrected chi connectivity index (χ3v) is 2.62. The van der Waals surface area contributed by atoms with Gasteiger partial charge in [0.25, 0.3) is 11.7 Å².